The van der Waals surface area contributed by atoms with Crippen LogP contribution < -0.4 is 31.3 Å². The fraction of sp³-hybridized carbons (Fsp3) is 0.111. The Bertz CT molecular complexity index is 3370. The smallest absolute Gasteiger partial charge is 0.230 e. The molecule has 0 amide bonds. The van der Waals surface area contributed by atoms with Gasteiger partial charge in [-0.1, -0.05) is 0 Å². The van der Waals surface area contributed by atoms with E-state index in [1.165, 1.54) is 6.07 Å². The number of hydrogen-bond donors (Lipinski definition) is 0. The normalized spacial score (nSPS) is 17.3. The minimum atomic E-state index is -5.40. The number of rotatable bonds is 3. The molecule has 310 valence electrons. The lowest BCUT2D eigenvalue weighted by Crippen LogP contribution is -2.64. The van der Waals surface area contributed by atoms with Gasteiger partial charge in [-0.15, -0.1) is 34.0 Å². The molecule has 26 heteroatoms. The summed E-state index contributed by atoms with van der Waals surface area (Å²) in [7, 11) is 0. The molecule has 0 aliphatic heterocycles. The molecule has 1 aromatic carbocycles. The zero-order valence-electron chi connectivity index (χ0n) is 29.0. The molecule has 3 aliphatic rings. The van der Waals surface area contributed by atoms with Gasteiger partial charge in [-0.3, -0.25) is 0 Å². The largest absolute Gasteiger partial charge is 0.435 e. The highest BCUT2D eigenvalue weighted by atomic mass is 32.1. The summed E-state index contributed by atoms with van der Waals surface area (Å²) in [6.45, 7) is 0.847. The SMILES string of the molecule is Cc1sc(C(C#N)=C2C(F)=c3c(c4c(c5c3=C(F)/C(=C(\C#N)c3nc(C(F)(F)F)c(C#N)s3)C=5F)=C(F)/C(=C(\C#N)c3nc(C(F)(F)F)c(C#N)s3)C=4F)=C2F)nc1C(F)(F)F. The van der Waals surface area contributed by atoms with E-state index in [9.17, 15) is 65.8 Å². The lowest BCUT2D eigenvalue weighted by molar-refractivity contribution is -0.141. The monoisotopic (exact) mass is 928 g/mol. The molecule has 8 nitrogen and oxygen atoms in total. The van der Waals surface area contributed by atoms with Gasteiger partial charge in [-0.25, -0.2) is 41.3 Å². The Balaban J connectivity index is 1.76. The molecule has 3 aliphatic carbocycles. The summed E-state index contributed by atoms with van der Waals surface area (Å²) in [5, 5.41) is 35.2. The highest BCUT2D eigenvalue weighted by Gasteiger charge is 2.43. The van der Waals surface area contributed by atoms with Crippen LogP contribution in [0.2, 0.25) is 0 Å². The maximum Gasteiger partial charge on any atom is 0.435 e. The Morgan fingerprint density at radius 3 is 0.855 bits per heavy atom. The van der Waals surface area contributed by atoms with Crippen molar-refractivity contribution in [2.24, 2.45) is 0 Å². The Morgan fingerprint density at radius 1 is 0.419 bits per heavy atom. The molecule has 62 heavy (non-hydrogen) atoms. The van der Waals surface area contributed by atoms with Crippen molar-refractivity contribution in [2.45, 2.75) is 25.5 Å². The second-order valence-corrected chi connectivity index (χ2v) is 15.5. The molecular weight excluding hydrogens is 926 g/mol. The number of allylic oxidation sites excluding steroid dienone is 6. The maximum atomic E-state index is 16.9. The van der Waals surface area contributed by atoms with E-state index < -0.39 is 165 Å². The first kappa shape index (κ1) is 43.1. The van der Waals surface area contributed by atoms with Gasteiger partial charge in [0, 0.05) is 36.2 Å². The zero-order valence-corrected chi connectivity index (χ0v) is 31.4. The number of nitrogens with zero attached hydrogens (tertiary/aromatic N) is 8. The van der Waals surface area contributed by atoms with Crippen LogP contribution in [0.15, 0.2) is 16.7 Å². The van der Waals surface area contributed by atoms with Gasteiger partial charge in [0.2, 0.25) is 0 Å². The Kier molecular flexibility index (Phi) is 9.91. The molecule has 0 N–H and O–H groups in total. The van der Waals surface area contributed by atoms with Crippen molar-refractivity contribution >= 4 is 85.7 Å². The predicted molar refractivity (Wildman–Crippen MR) is 184 cm³/mol. The molecule has 4 aromatic rings. The van der Waals surface area contributed by atoms with Crippen LogP contribution in [0.25, 0.3) is 51.7 Å². The van der Waals surface area contributed by atoms with Crippen LogP contribution in [-0.2, 0) is 18.5 Å². The molecule has 3 heterocycles. The molecule has 0 fully saturated rings. The van der Waals surface area contributed by atoms with Crippen molar-refractivity contribution in [1.29, 1.82) is 26.3 Å². The highest BCUT2D eigenvalue weighted by Crippen LogP contribution is 2.43. The fourth-order valence-electron chi connectivity index (χ4n) is 6.55. The first-order valence-electron chi connectivity index (χ1n) is 15.8. The molecular formula is C36H3F15N8S3. The second kappa shape index (κ2) is 14.3. The van der Waals surface area contributed by atoms with Crippen molar-refractivity contribution in [3.05, 3.63) is 94.8 Å². The zero-order chi connectivity index (χ0) is 45.9. The number of halogens is 15. The number of thiazole rings is 3. The number of benzene rings is 1. The third-order valence-corrected chi connectivity index (χ3v) is 11.9. The van der Waals surface area contributed by atoms with Gasteiger partial charge in [-0.05, 0) is 6.92 Å². The lowest BCUT2D eigenvalue weighted by Gasteiger charge is -2.03. The number of nitriles is 5. The average Bonchev–Trinajstić information content (AvgIpc) is 4.03. The van der Waals surface area contributed by atoms with Crippen LogP contribution in [0.4, 0.5) is 65.9 Å². The summed E-state index contributed by atoms with van der Waals surface area (Å²) in [4.78, 5) is 6.23. The van der Waals surface area contributed by atoms with Gasteiger partial charge >= 0.3 is 18.5 Å². The van der Waals surface area contributed by atoms with E-state index >= 15 is 26.3 Å². The summed E-state index contributed by atoms with van der Waals surface area (Å²) in [6.07, 6.45) is -16.0. The van der Waals surface area contributed by atoms with Gasteiger partial charge < -0.3 is 0 Å². The van der Waals surface area contributed by atoms with Crippen molar-refractivity contribution in [2.75, 3.05) is 0 Å². The van der Waals surface area contributed by atoms with Crippen molar-refractivity contribution in [3.8, 4) is 30.3 Å². The maximum absolute atomic E-state index is 16.9. The van der Waals surface area contributed by atoms with E-state index in [1.54, 1.807) is 0 Å². The van der Waals surface area contributed by atoms with Crippen molar-refractivity contribution < 1.29 is 65.9 Å². The van der Waals surface area contributed by atoms with Crippen LogP contribution in [0.1, 0.15) is 46.7 Å². The first-order valence-corrected chi connectivity index (χ1v) is 18.2. The van der Waals surface area contributed by atoms with E-state index in [4.69, 9.17) is 0 Å². The minimum Gasteiger partial charge on any atom is -0.230 e. The molecule has 0 unspecified atom stereocenters. The number of fused-ring (bicyclic) bond motifs is 6. The van der Waals surface area contributed by atoms with Crippen molar-refractivity contribution in [1.82, 2.24) is 15.0 Å². The molecule has 7 rings (SSSR count). The lowest BCUT2D eigenvalue weighted by atomic mass is 10.1. The number of aryl methyl sites for hydroxylation is 1. The van der Waals surface area contributed by atoms with E-state index in [2.05, 4.69) is 15.0 Å². The van der Waals surface area contributed by atoms with Gasteiger partial charge in [0.25, 0.3) is 0 Å². The molecule has 0 saturated carbocycles. The summed E-state index contributed by atoms with van der Waals surface area (Å²) in [6, 6.07) is 5.74. The van der Waals surface area contributed by atoms with Crippen LogP contribution in [0.5, 0.6) is 0 Å². The molecule has 0 spiro atoms. The van der Waals surface area contributed by atoms with E-state index in [1.807, 2.05) is 0 Å². The molecule has 0 radical (unpaired) electrons. The van der Waals surface area contributed by atoms with Gasteiger partial charge in [-0.2, -0.15) is 65.8 Å². The number of aromatic nitrogens is 3. The third-order valence-electron chi connectivity index (χ3n) is 8.92. The number of alkyl halides is 9. The summed E-state index contributed by atoms with van der Waals surface area (Å²) in [5.74, 6) is -13.3. The van der Waals surface area contributed by atoms with Gasteiger partial charge in [0.1, 0.15) is 107 Å². The van der Waals surface area contributed by atoms with Crippen LogP contribution in [-0.4, -0.2) is 15.0 Å². The fourth-order valence-corrected chi connectivity index (χ4v) is 9.25. The van der Waals surface area contributed by atoms with E-state index in [0.29, 0.717) is 0 Å². The summed E-state index contributed by atoms with van der Waals surface area (Å²) >= 11 is -0.420. The summed E-state index contributed by atoms with van der Waals surface area (Å²) in [5.41, 5.74) is -15.1. The van der Waals surface area contributed by atoms with E-state index in [0.717, 1.165) is 31.2 Å². The standard InChI is InChI=1S/C36H3F15N8S3/c1-7-28(34(43,44)45)57-31(60-7)8(2-52)13-22(37)16-17(23(13)38)19-21(27(42)15(25(19)40)10(4-54)33-59-30(36(49,50)51)12(6-56)62-33)20-18(16)24(39)14(26(20)41)9(3-53)32-58-29(35(46,47)48)11(5-55)61-32/h1H3/b13-8?,14-9-,15-10+. The predicted octanol–water partition coefficient (Wildman–Crippen LogP) is 6.60. The Labute approximate surface area is 342 Å². The van der Waals surface area contributed by atoms with Crippen LogP contribution >= 0.6 is 34.0 Å². The average molecular weight is 929 g/mol. The van der Waals surface area contributed by atoms with Crippen LogP contribution in [0, 0.1) is 63.6 Å². The Morgan fingerprint density at radius 2 is 0.661 bits per heavy atom. The summed E-state index contributed by atoms with van der Waals surface area (Å²) < 4.78 is 225. The first-order chi connectivity index (χ1) is 28.9. The van der Waals surface area contributed by atoms with Gasteiger partial charge in [0.15, 0.2) is 17.1 Å². The van der Waals surface area contributed by atoms with Crippen LogP contribution in [0.3, 0.4) is 0 Å². The Hall–Kier alpha value is -7.05. The topological polar surface area (TPSA) is 158 Å². The second-order valence-electron chi connectivity index (χ2n) is 12.3. The quantitative estimate of drug-likeness (QED) is 0.164. The number of hydrogen-bond acceptors (Lipinski definition) is 11. The molecule has 0 saturated heterocycles. The molecule has 0 bridgehead atoms. The van der Waals surface area contributed by atoms with E-state index in [-0.39, 0.29) is 34.0 Å². The van der Waals surface area contributed by atoms with Crippen molar-refractivity contribution in [3.63, 3.8) is 0 Å². The molecule has 0 atom stereocenters. The highest BCUT2D eigenvalue weighted by molar-refractivity contribution is 7.14. The molecule has 3 aromatic heterocycles. The van der Waals surface area contributed by atoms with Gasteiger partial charge in [0.05, 0.1) is 16.7 Å². The third kappa shape index (κ3) is 6.11. The minimum absolute atomic E-state index is 0.0566.